The van der Waals surface area contributed by atoms with Crippen LogP contribution in [0.25, 0.3) is 0 Å². The predicted octanol–water partition coefficient (Wildman–Crippen LogP) is 1.29. The van der Waals surface area contributed by atoms with Crippen LogP contribution in [-0.2, 0) is 0 Å². The highest BCUT2D eigenvalue weighted by molar-refractivity contribution is 5.85. The normalized spacial score (nSPS) is 26.8. The first kappa shape index (κ1) is 12.5. The Labute approximate surface area is 86.9 Å². The Hall–Kier alpha value is 0.500. The molecular formula is C8H18Cl2N2. The van der Waals surface area contributed by atoms with E-state index < -0.39 is 0 Å². The number of rotatable bonds is 0. The minimum absolute atomic E-state index is 0. The zero-order valence-electron chi connectivity index (χ0n) is 7.51. The summed E-state index contributed by atoms with van der Waals surface area (Å²) in [6.45, 7) is 3.79. The molecule has 0 aromatic carbocycles. The third kappa shape index (κ3) is 2.25. The van der Waals surface area contributed by atoms with Crippen molar-refractivity contribution in [2.45, 2.75) is 24.8 Å². The molecule has 0 bridgehead atoms. The molecular weight excluding hydrogens is 195 g/mol. The van der Waals surface area contributed by atoms with Crippen LogP contribution in [0.15, 0.2) is 0 Å². The molecule has 2 heterocycles. The molecule has 0 amide bonds. The summed E-state index contributed by atoms with van der Waals surface area (Å²) < 4.78 is 0. The summed E-state index contributed by atoms with van der Waals surface area (Å²) in [5, 5.41) is 3.62. The summed E-state index contributed by atoms with van der Waals surface area (Å²) in [6, 6.07) is 0. The molecule has 2 nitrogen and oxygen atoms in total. The lowest BCUT2D eigenvalue weighted by atomic mass is 9.82. The fourth-order valence-corrected chi connectivity index (χ4v) is 2.29. The van der Waals surface area contributed by atoms with E-state index >= 15 is 0 Å². The molecule has 0 saturated carbocycles. The molecule has 2 rings (SSSR count). The van der Waals surface area contributed by atoms with E-state index in [-0.39, 0.29) is 24.8 Å². The van der Waals surface area contributed by atoms with Crippen LogP contribution in [0.1, 0.15) is 19.3 Å². The second-order valence-corrected chi connectivity index (χ2v) is 3.84. The van der Waals surface area contributed by atoms with Crippen LogP contribution in [0.3, 0.4) is 0 Å². The summed E-state index contributed by atoms with van der Waals surface area (Å²) in [4.78, 5) is 2.39. The van der Waals surface area contributed by atoms with Gasteiger partial charge in [-0.05, 0) is 26.4 Å². The van der Waals surface area contributed by atoms with E-state index in [1.165, 1.54) is 38.9 Å². The van der Waals surface area contributed by atoms with Crippen molar-refractivity contribution in [3.63, 3.8) is 0 Å². The number of likely N-dealkylation sites (N-methyl/N-ethyl adjacent to an activating group) is 1. The van der Waals surface area contributed by atoms with Crippen LogP contribution >= 0.6 is 24.8 Å². The molecule has 1 N–H and O–H groups in total. The van der Waals surface area contributed by atoms with Gasteiger partial charge in [-0.1, -0.05) is 6.42 Å². The molecule has 0 aromatic heterocycles. The van der Waals surface area contributed by atoms with Gasteiger partial charge >= 0.3 is 0 Å². The SMILES string of the molecule is CN1CC2(CCCCN2)C1.Cl.Cl. The molecule has 2 aliphatic heterocycles. The van der Waals surface area contributed by atoms with Gasteiger partial charge in [-0.15, -0.1) is 24.8 Å². The largest absolute Gasteiger partial charge is 0.309 e. The van der Waals surface area contributed by atoms with Gasteiger partial charge < -0.3 is 10.2 Å². The summed E-state index contributed by atoms with van der Waals surface area (Å²) in [6.07, 6.45) is 4.21. The monoisotopic (exact) mass is 212 g/mol. The highest BCUT2D eigenvalue weighted by Gasteiger charge is 2.41. The Morgan fingerprint density at radius 1 is 1.17 bits per heavy atom. The van der Waals surface area contributed by atoms with Crippen molar-refractivity contribution in [2.75, 3.05) is 26.7 Å². The highest BCUT2D eigenvalue weighted by atomic mass is 35.5. The van der Waals surface area contributed by atoms with Gasteiger partial charge in [-0.3, -0.25) is 0 Å². The number of hydrogen-bond acceptors (Lipinski definition) is 2. The lowest BCUT2D eigenvalue weighted by Crippen LogP contribution is -2.69. The molecule has 0 aliphatic carbocycles. The maximum absolute atomic E-state index is 3.62. The maximum atomic E-state index is 3.62. The van der Waals surface area contributed by atoms with E-state index in [1.54, 1.807) is 0 Å². The van der Waals surface area contributed by atoms with Crippen molar-refractivity contribution in [3.8, 4) is 0 Å². The lowest BCUT2D eigenvalue weighted by Gasteiger charge is -2.51. The average molecular weight is 213 g/mol. The maximum Gasteiger partial charge on any atom is 0.0437 e. The Kier molecular flexibility index (Phi) is 4.85. The molecule has 0 unspecified atom stereocenters. The third-order valence-corrected chi connectivity index (χ3v) is 2.73. The molecule has 2 saturated heterocycles. The van der Waals surface area contributed by atoms with Gasteiger partial charge in [0.1, 0.15) is 0 Å². The van der Waals surface area contributed by atoms with Crippen LogP contribution in [-0.4, -0.2) is 37.1 Å². The number of nitrogens with one attached hydrogen (secondary N) is 1. The first-order valence-electron chi connectivity index (χ1n) is 4.24. The zero-order valence-corrected chi connectivity index (χ0v) is 9.14. The summed E-state index contributed by atoms with van der Waals surface area (Å²) in [5.41, 5.74) is 0.549. The molecule has 1 spiro atoms. The molecule has 2 fully saturated rings. The van der Waals surface area contributed by atoms with E-state index in [0.29, 0.717) is 5.54 Å². The smallest absolute Gasteiger partial charge is 0.0437 e. The third-order valence-electron chi connectivity index (χ3n) is 2.73. The van der Waals surface area contributed by atoms with Gasteiger partial charge in [0.05, 0.1) is 0 Å². The Balaban J connectivity index is 0.000000605. The molecule has 0 atom stereocenters. The second-order valence-electron chi connectivity index (χ2n) is 3.84. The fraction of sp³-hybridized carbons (Fsp3) is 1.00. The van der Waals surface area contributed by atoms with E-state index in [4.69, 9.17) is 0 Å². The number of likely N-dealkylation sites (tertiary alicyclic amines) is 1. The minimum atomic E-state index is 0. The number of halogens is 2. The first-order valence-corrected chi connectivity index (χ1v) is 4.24. The molecule has 4 heteroatoms. The lowest BCUT2D eigenvalue weighted by molar-refractivity contribution is 0.0436. The van der Waals surface area contributed by atoms with Gasteiger partial charge in [-0.2, -0.15) is 0 Å². The van der Waals surface area contributed by atoms with Gasteiger partial charge in [0.25, 0.3) is 0 Å². The Morgan fingerprint density at radius 2 is 1.83 bits per heavy atom. The molecule has 0 aromatic rings. The molecule has 74 valence electrons. The van der Waals surface area contributed by atoms with E-state index in [0.717, 1.165) is 0 Å². The van der Waals surface area contributed by atoms with Crippen molar-refractivity contribution in [1.82, 2.24) is 10.2 Å². The molecule has 12 heavy (non-hydrogen) atoms. The number of hydrogen-bond donors (Lipinski definition) is 1. The quantitative estimate of drug-likeness (QED) is 0.652. The summed E-state index contributed by atoms with van der Waals surface area (Å²) in [5.74, 6) is 0. The van der Waals surface area contributed by atoms with Crippen LogP contribution in [0.4, 0.5) is 0 Å². The predicted molar refractivity (Wildman–Crippen MR) is 56.6 cm³/mol. The van der Waals surface area contributed by atoms with E-state index in [9.17, 15) is 0 Å². The van der Waals surface area contributed by atoms with Gasteiger partial charge in [0.15, 0.2) is 0 Å². The van der Waals surface area contributed by atoms with Gasteiger partial charge in [0.2, 0.25) is 0 Å². The van der Waals surface area contributed by atoms with Crippen molar-refractivity contribution >= 4 is 24.8 Å². The van der Waals surface area contributed by atoms with Crippen molar-refractivity contribution in [2.24, 2.45) is 0 Å². The van der Waals surface area contributed by atoms with Crippen LogP contribution in [0.2, 0.25) is 0 Å². The summed E-state index contributed by atoms with van der Waals surface area (Å²) >= 11 is 0. The van der Waals surface area contributed by atoms with Crippen LogP contribution in [0.5, 0.6) is 0 Å². The fourth-order valence-electron chi connectivity index (χ4n) is 2.29. The Bertz CT molecular complexity index is 120. The Morgan fingerprint density at radius 3 is 2.25 bits per heavy atom. The number of piperidine rings is 1. The van der Waals surface area contributed by atoms with E-state index in [2.05, 4.69) is 17.3 Å². The molecule has 2 aliphatic rings. The topological polar surface area (TPSA) is 15.3 Å². The zero-order chi connectivity index (χ0) is 7.03. The van der Waals surface area contributed by atoms with Crippen molar-refractivity contribution in [1.29, 1.82) is 0 Å². The molecule has 0 radical (unpaired) electrons. The van der Waals surface area contributed by atoms with Crippen molar-refractivity contribution in [3.05, 3.63) is 0 Å². The summed E-state index contributed by atoms with van der Waals surface area (Å²) in [7, 11) is 2.20. The van der Waals surface area contributed by atoms with Gasteiger partial charge in [0, 0.05) is 18.6 Å². The first-order chi connectivity index (χ1) is 4.81. The van der Waals surface area contributed by atoms with Crippen LogP contribution < -0.4 is 5.32 Å². The van der Waals surface area contributed by atoms with Crippen molar-refractivity contribution < 1.29 is 0 Å². The highest BCUT2D eigenvalue weighted by Crippen LogP contribution is 2.27. The standard InChI is InChI=1S/C8H16N2.2ClH/c1-10-6-8(7-10)4-2-3-5-9-8;;/h9H,2-7H2,1H3;2*1H. The number of nitrogens with zero attached hydrogens (tertiary/aromatic N) is 1. The second kappa shape index (κ2) is 4.66. The van der Waals surface area contributed by atoms with Gasteiger partial charge in [-0.25, -0.2) is 0 Å². The average Bonchev–Trinajstić information content (AvgIpc) is 1.87. The van der Waals surface area contributed by atoms with E-state index in [1.807, 2.05) is 0 Å². The van der Waals surface area contributed by atoms with Crippen LogP contribution in [0, 0.1) is 0 Å². The minimum Gasteiger partial charge on any atom is -0.309 e.